The molecule has 1 fully saturated rings. The first-order valence-electron chi connectivity index (χ1n) is 4.07. The number of hydrogen-bond donors (Lipinski definition) is 3. The zero-order chi connectivity index (χ0) is 7.23. The maximum Gasteiger partial charge on any atom is 0.00917 e. The van der Waals surface area contributed by atoms with E-state index in [0.717, 1.165) is 26.2 Å². The average molecular weight is 143 g/mol. The van der Waals surface area contributed by atoms with Crippen molar-refractivity contribution < 1.29 is 0 Å². The lowest BCUT2D eigenvalue weighted by Gasteiger charge is -2.23. The second-order valence-electron chi connectivity index (χ2n) is 2.77. The van der Waals surface area contributed by atoms with Crippen LogP contribution >= 0.6 is 0 Å². The molecule has 0 saturated carbocycles. The van der Waals surface area contributed by atoms with Crippen molar-refractivity contribution in [1.82, 2.24) is 10.6 Å². The third-order valence-electron chi connectivity index (χ3n) is 1.92. The van der Waals surface area contributed by atoms with Gasteiger partial charge in [-0.1, -0.05) is 0 Å². The van der Waals surface area contributed by atoms with Crippen molar-refractivity contribution in [3.05, 3.63) is 0 Å². The van der Waals surface area contributed by atoms with Crippen molar-refractivity contribution in [1.29, 1.82) is 0 Å². The molecule has 1 saturated heterocycles. The molecule has 0 aromatic heterocycles. The largest absolute Gasteiger partial charge is 0.329 e. The predicted octanol–water partition coefficient (Wildman–Crippen LogP) is -0.713. The SMILES string of the molecule is NCCNC1CCNCC1. The Labute approximate surface area is 62.4 Å². The summed E-state index contributed by atoms with van der Waals surface area (Å²) in [5, 5.41) is 6.73. The molecule has 3 nitrogen and oxygen atoms in total. The van der Waals surface area contributed by atoms with Crippen LogP contribution in [0, 0.1) is 0 Å². The van der Waals surface area contributed by atoms with Gasteiger partial charge in [0.2, 0.25) is 0 Å². The van der Waals surface area contributed by atoms with Crippen molar-refractivity contribution in [2.75, 3.05) is 26.2 Å². The fraction of sp³-hybridized carbons (Fsp3) is 1.00. The van der Waals surface area contributed by atoms with Gasteiger partial charge in [-0.15, -0.1) is 0 Å². The summed E-state index contributed by atoms with van der Waals surface area (Å²) in [4.78, 5) is 0. The number of nitrogens with two attached hydrogens (primary N) is 1. The van der Waals surface area contributed by atoms with Gasteiger partial charge < -0.3 is 16.4 Å². The van der Waals surface area contributed by atoms with Gasteiger partial charge in [0.05, 0.1) is 0 Å². The van der Waals surface area contributed by atoms with Crippen LogP contribution in [0.25, 0.3) is 0 Å². The van der Waals surface area contributed by atoms with Crippen LogP contribution in [0.3, 0.4) is 0 Å². The molecule has 1 heterocycles. The van der Waals surface area contributed by atoms with E-state index in [0.29, 0.717) is 6.04 Å². The summed E-state index contributed by atoms with van der Waals surface area (Å²) in [7, 11) is 0. The highest BCUT2D eigenvalue weighted by Crippen LogP contribution is 2.00. The number of piperidine rings is 1. The zero-order valence-electron chi connectivity index (χ0n) is 6.40. The first-order valence-corrected chi connectivity index (χ1v) is 4.07. The Morgan fingerprint density at radius 1 is 1.40 bits per heavy atom. The van der Waals surface area contributed by atoms with Crippen LogP contribution in [-0.2, 0) is 0 Å². The van der Waals surface area contributed by atoms with Crippen molar-refractivity contribution in [3.8, 4) is 0 Å². The van der Waals surface area contributed by atoms with Gasteiger partial charge >= 0.3 is 0 Å². The minimum Gasteiger partial charge on any atom is -0.329 e. The van der Waals surface area contributed by atoms with Crippen LogP contribution in [0.15, 0.2) is 0 Å². The van der Waals surface area contributed by atoms with Crippen LogP contribution in [0.5, 0.6) is 0 Å². The van der Waals surface area contributed by atoms with E-state index in [1.807, 2.05) is 0 Å². The van der Waals surface area contributed by atoms with Crippen LogP contribution in [0.1, 0.15) is 12.8 Å². The normalized spacial score (nSPS) is 21.3. The molecule has 4 N–H and O–H groups in total. The Kier molecular flexibility index (Phi) is 3.72. The maximum absolute atomic E-state index is 5.37. The Bertz CT molecular complexity index is 78.9. The molecule has 0 spiro atoms. The highest BCUT2D eigenvalue weighted by atomic mass is 15.0. The molecule has 0 aliphatic carbocycles. The Balaban J connectivity index is 2.02. The van der Waals surface area contributed by atoms with E-state index >= 15 is 0 Å². The summed E-state index contributed by atoms with van der Waals surface area (Å²) in [5.41, 5.74) is 5.37. The third-order valence-corrected chi connectivity index (χ3v) is 1.92. The second kappa shape index (κ2) is 4.66. The Morgan fingerprint density at radius 3 is 2.70 bits per heavy atom. The van der Waals surface area contributed by atoms with Crippen molar-refractivity contribution in [3.63, 3.8) is 0 Å². The molecule has 0 aromatic carbocycles. The molecule has 60 valence electrons. The number of rotatable bonds is 3. The highest BCUT2D eigenvalue weighted by Gasteiger charge is 2.10. The minimum atomic E-state index is 0.713. The lowest BCUT2D eigenvalue weighted by molar-refractivity contribution is 0.391. The van der Waals surface area contributed by atoms with Gasteiger partial charge in [0.15, 0.2) is 0 Å². The van der Waals surface area contributed by atoms with Gasteiger partial charge in [-0.3, -0.25) is 0 Å². The molecule has 0 radical (unpaired) electrons. The molecule has 0 amide bonds. The van der Waals surface area contributed by atoms with E-state index in [1.165, 1.54) is 12.8 Å². The summed E-state index contributed by atoms with van der Waals surface area (Å²) in [6.45, 7) is 4.03. The molecule has 3 heteroatoms. The van der Waals surface area contributed by atoms with E-state index < -0.39 is 0 Å². The summed E-state index contributed by atoms with van der Waals surface area (Å²) in [6.07, 6.45) is 2.50. The van der Waals surface area contributed by atoms with E-state index in [4.69, 9.17) is 5.73 Å². The fourth-order valence-corrected chi connectivity index (χ4v) is 1.31. The molecule has 1 rings (SSSR count). The van der Waals surface area contributed by atoms with Crippen molar-refractivity contribution in [2.45, 2.75) is 18.9 Å². The van der Waals surface area contributed by atoms with E-state index in [-0.39, 0.29) is 0 Å². The Morgan fingerprint density at radius 2 is 2.10 bits per heavy atom. The summed E-state index contributed by atoms with van der Waals surface area (Å²) >= 11 is 0. The van der Waals surface area contributed by atoms with Gasteiger partial charge in [0, 0.05) is 19.1 Å². The number of hydrogen-bond acceptors (Lipinski definition) is 3. The van der Waals surface area contributed by atoms with Gasteiger partial charge in [0.25, 0.3) is 0 Å². The molecule has 0 unspecified atom stereocenters. The molecule has 0 bridgehead atoms. The van der Waals surface area contributed by atoms with Gasteiger partial charge in [0.1, 0.15) is 0 Å². The smallest absolute Gasteiger partial charge is 0.00917 e. The second-order valence-corrected chi connectivity index (χ2v) is 2.77. The lowest BCUT2D eigenvalue weighted by atomic mass is 10.1. The fourth-order valence-electron chi connectivity index (χ4n) is 1.31. The highest BCUT2D eigenvalue weighted by molar-refractivity contribution is 4.73. The molecular formula is C7H17N3. The van der Waals surface area contributed by atoms with E-state index in [2.05, 4.69) is 10.6 Å². The molecule has 0 aromatic rings. The molecule has 1 aliphatic heterocycles. The summed E-state index contributed by atoms with van der Waals surface area (Å²) in [5.74, 6) is 0. The summed E-state index contributed by atoms with van der Waals surface area (Å²) < 4.78 is 0. The van der Waals surface area contributed by atoms with Crippen LogP contribution in [-0.4, -0.2) is 32.2 Å². The van der Waals surface area contributed by atoms with Crippen molar-refractivity contribution in [2.24, 2.45) is 5.73 Å². The van der Waals surface area contributed by atoms with E-state index in [1.54, 1.807) is 0 Å². The average Bonchev–Trinajstić information content (AvgIpc) is 2.03. The maximum atomic E-state index is 5.37. The van der Waals surface area contributed by atoms with Crippen LogP contribution in [0.4, 0.5) is 0 Å². The minimum absolute atomic E-state index is 0.713. The quantitative estimate of drug-likeness (QED) is 0.489. The van der Waals surface area contributed by atoms with E-state index in [9.17, 15) is 0 Å². The van der Waals surface area contributed by atoms with Gasteiger partial charge in [-0.2, -0.15) is 0 Å². The number of nitrogens with one attached hydrogen (secondary N) is 2. The topological polar surface area (TPSA) is 50.1 Å². The first kappa shape index (κ1) is 7.98. The third kappa shape index (κ3) is 2.64. The van der Waals surface area contributed by atoms with Crippen LogP contribution in [0.2, 0.25) is 0 Å². The monoisotopic (exact) mass is 143 g/mol. The molecule has 10 heavy (non-hydrogen) atoms. The standard InChI is InChI=1S/C7H17N3/c8-3-6-10-7-1-4-9-5-2-7/h7,9-10H,1-6,8H2. The molecule has 1 aliphatic rings. The van der Waals surface area contributed by atoms with Gasteiger partial charge in [-0.25, -0.2) is 0 Å². The first-order chi connectivity index (χ1) is 4.93. The zero-order valence-corrected chi connectivity index (χ0v) is 6.40. The Hall–Kier alpha value is -0.120. The van der Waals surface area contributed by atoms with Crippen molar-refractivity contribution >= 4 is 0 Å². The van der Waals surface area contributed by atoms with Crippen LogP contribution < -0.4 is 16.4 Å². The lowest BCUT2D eigenvalue weighted by Crippen LogP contribution is -2.41. The predicted molar refractivity (Wildman–Crippen MR) is 42.9 cm³/mol. The molecule has 0 atom stereocenters. The van der Waals surface area contributed by atoms with Gasteiger partial charge in [-0.05, 0) is 25.9 Å². The summed E-state index contributed by atoms with van der Waals surface area (Å²) in [6, 6.07) is 0.713. The molecular weight excluding hydrogens is 126 g/mol.